The fourth-order valence-electron chi connectivity index (χ4n) is 3.08. The van der Waals surface area contributed by atoms with Crippen molar-refractivity contribution in [3.8, 4) is 0 Å². The first-order chi connectivity index (χ1) is 11.5. The van der Waals surface area contributed by atoms with Gasteiger partial charge in [-0.25, -0.2) is 9.97 Å². The number of aromatic nitrogens is 3. The van der Waals surface area contributed by atoms with Crippen LogP contribution in [0.5, 0.6) is 0 Å². The highest BCUT2D eigenvalue weighted by Crippen LogP contribution is 2.26. The molecule has 1 aliphatic rings. The molecule has 2 atom stereocenters. The summed E-state index contributed by atoms with van der Waals surface area (Å²) in [4.78, 5) is 22.3. The molecule has 2 aromatic heterocycles. The van der Waals surface area contributed by atoms with Gasteiger partial charge >= 0.3 is 0 Å². The van der Waals surface area contributed by atoms with Gasteiger partial charge in [0.1, 0.15) is 21.8 Å². The number of rotatable bonds is 5. The minimum atomic E-state index is -0.0774. The van der Waals surface area contributed by atoms with E-state index in [1.807, 2.05) is 33.9 Å². The zero-order chi connectivity index (χ0) is 17.3. The average molecular weight is 348 g/mol. The lowest BCUT2D eigenvalue weighted by atomic mass is 10.1. The first-order valence-electron chi connectivity index (χ1n) is 8.40. The molecule has 130 valence electrons. The lowest BCUT2D eigenvalue weighted by molar-refractivity contribution is 0.0761. The number of amides is 1. The maximum Gasteiger partial charge on any atom is 0.263 e. The largest absolute Gasteiger partial charge is 0.372 e. The zero-order valence-corrected chi connectivity index (χ0v) is 15.4. The second kappa shape index (κ2) is 7.03. The Balaban J connectivity index is 1.67. The quantitative estimate of drug-likeness (QED) is 0.902. The highest BCUT2D eigenvalue weighted by atomic mass is 32.1. The minimum absolute atomic E-state index is 0.0368. The summed E-state index contributed by atoms with van der Waals surface area (Å²) in [6.07, 6.45) is 3.79. The molecule has 3 heterocycles. The van der Waals surface area contributed by atoms with Crippen molar-refractivity contribution >= 4 is 17.2 Å². The summed E-state index contributed by atoms with van der Waals surface area (Å²) in [6.45, 7) is 9.22. The number of nitrogens with one attached hydrogen (secondary N) is 1. The fourth-order valence-corrected chi connectivity index (χ4v) is 4.05. The molecule has 0 aliphatic carbocycles. The second-order valence-corrected chi connectivity index (χ2v) is 7.25. The van der Waals surface area contributed by atoms with Crippen LogP contribution in [0.15, 0.2) is 6.20 Å². The molecule has 1 amide bonds. The molecule has 0 radical (unpaired) electrons. The van der Waals surface area contributed by atoms with E-state index in [-0.39, 0.29) is 18.1 Å². The molecule has 0 bridgehead atoms. The molecule has 3 rings (SSSR count). The highest BCUT2D eigenvalue weighted by Gasteiger charge is 2.24. The van der Waals surface area contributed by atoms with Gasteiger partial charge in [-0.15, -0.1) is 11.3 Å². The Hall–Kier alpha value is -1.73. The molecule has 0 saturated heterocycles. The molecule has 0 spiro atoms. The van der Waals surface area contributed by atoms with Crippen LogP contribution in [-0.2, 0) is 17.7 Å². The van der Waals surface area contributed by atoms with Crippen LogP contribution in [0, 0.1) is 13.8 Å². The van der Waals surface area contributed by atoms with Crippen molar-refractivity contribution in [2.24, 2.45) is 0 Å². The predicted molar refractivity (Wildman–Crippen MR) is 93.4 cm³/mol. The molecule has 1 N–H and O–H groups in total. The SMILES string of the molecule is CCO[C@H](C)c1nc(C)c(C(=O)N[C@H]2CCc3nc(C)cn3C2)s1. The van der Waals surface area contributed by atoms with Gasteiger partial charge in [-0.05, 0) is 34.1 Å². The Kier molecular flexibility index (Phi) is 5.01. The topological polar surface area (TPSA) is 69.0 Å². The number of fused-ring (bicyclic) bond motifs is 1. The Labute approximate surface area is 146 Å². The van der Waals surface area contributed by atoms with Crippen molar-refractivity contribution < 1.29 is 9.53 Å². The number of ether oxygens (including phenoxy) is 1. The van der Waals surface area contributed by atoms with Gasteiger partial charge < -0.3 is 14.6 Å². The number of hydrogen-bond donors (Lipinski definition) is 1. The number of carbonyl (C=O) groups excluding carboxylic acids is 1. The van der Waals surface area contributed by atoms with Crippen LogP contribution >= 0.6 is 11.3 Å². The molecule has 0 saturated carbocycles. The van der Waals surface area contributed by atoms with Gasteiger partial charge in [-0.1, -0.05) is 0 Å². The molecule has 0 aromatic carbocycles. The van der Waals surface area contributed by atoms with E-state index in [1.54, 1.807) is 0 Å². The lowest BCUT2D eigenvalue weighted by Crippen LogP contribution is -2.40. The van der Waals surface area contributed by atoms with Crippen molar-refractivity contribution in [3.05, 3.63) is 33.3 Å². The first kappa shape index (κ1) is 17.1. The third-order valence-electron chi connectivity index (χ3n) is 4.23. The summed E-state index contributed by atoms with van der Waals surface area (Å²) in [7, 11) is 0. The molecule has 7 heteroatoms. The van der Waals surface area contributed by atoms with Gasteiger partial charge in [-0.3, -0.25) is 4.79 Å². The molecule has 6 nitrogen and oxygen atoms in total. The molecule has 2 aromatic rings. The van der Waals surface area contributed by atoms with Crippen molar-refractivity contribution in [2.75, 3.05) is 6.61 Å². The predicted octanol–water partition coefficient (Wildman–Crippen LogP) is 2.80. The molecule has 0 fully saturated rings. The van der Waals surface area contributed by atoms with Crippen molar-refractivity contribution in [3.63, 3.8) is 0 Å². The van der Waals surface area contributed by atoms with Crippen LogP contribution in [0.2, 0.25) is 0 Å². The van der Waals surface area contributed by atoms with Crippen LogP contribution in [0.1, 0.15) is 58.3 Å². The summed E-state index contributed by atoms with van der Waals surface area (Å²) < 4.78 is 7.72. The molecule has 0 unspecified atom stereocenters. The van der Waals surface area contributed by atoms with Gasteiger partial charge in [0.05, 0.1) is 11.4 Å². The van der Waals surface area contributed by atoms with Crippen LogP contribution < -0.4 is 5.32 Å². The smallest absolute Gasteiger partial charge is 0.263 e. The number of nitrogens with zero attached hydrogens (tertiary/aromatic N) is 3. The van der Waals surface area contributed by atoms with E-state index in [0.29, 0.717) is 11.5 Å². The Morgan fingerprint density at radius 2 is 2.29 bits per heavy atom. The molecular weight excluding hydrogens is 324 g/mol. The van der Waals surface area contributed by atoms with Gasteiger partial charge in [-0.2, -0.15) is 0 Å². The average Bonchev–Trinajstić information content (AvgIpc) is 3.09. The zero-order valence-electron chi connectivity index (χ0n) is 14.6. The Bertz CT molecular complexity index is 737. The van der Waals surface area contributed by atoms with Crippen LogP contribution in [0.3, 0.4) is 0 Å². The number of carbonyl (C=O) groups is 1. The van der Waals surface area contributed by atoms with Gasteiger partial charge in [0.15, 0.2) is 0 Å². The Morgan fingerprint density at radius 1 is 1.50 bits per heavy atom. The van der Waals surface area contributed by atoms with Gasteiger partial charge in [0.2, 0.25) is 0 Å². The minimum Gasteiger partial charge on any atom is -0.372 e. The standard InChI is InChI=1S/C17H24N4O2S/c1-5-23-12(4)17-19-11(3)15(24-17)16(22)20-13-6-7-14-18-10(2)8-21(14)9-13/h8,12-13H,5-7,9H2,1-4H3,(H,20,22)/t12-,13+/m1/s1. The number of thiazole rings is 1. The van der Waals surface area contributed by atoms with Crippen LogP contribution in [-0.4, -0.2) is 33.1 Å². The van der Waals surface area contributed by atoms with E-state index >= 15 is 0 Å². The van der Waals surface area contributed by atoms with E-state index in [9.17, 15) is 4.79 Å². The Morgan fingerprint density at radius 3 is 3.04 bits per heavy atom. The normalized spacial score (nSPS) is 18.2. The molecule has 1 aliphatic heterocycles. The summed E-state index contributed by atoms with van der Waals surface area (Å²) >= 11 is 1.43. The van der Waals surface area contributed by atoms with E-state index in [4.69, 9.17) is 4.74 Å². The number of hydrogen-bond acceptors (Lipinski definition) is 5. The van der Waals surface area contributed by atoms with E-state index in [2.05, 4.69) is 19.9 Å². The van der Waals surface area contributed by atoms with E-state index < -0.39 is 0 Å². The van der Waals surface area contributed by atoms with Gasteiger partial charge in [0, 0.05) is 31.8 Å². The first-order valence-corrected chi connectivity index (χ1v) is 9.22. The molecular formula is C17H24N4O2S. The van der Waals surface area contributed by atoms with E-state index in [0.717, 1.165) is 41.6 Å². The van der Waals surface area contributed by atoms with Crippen molar-refractivity contribution in [1.82, 2.24) is 19.9 Å². The van der Waals surface area contributed by atoms with Crippen molar-refractivity contribution in [1.29, 1.82) is 0 Å². The summed E-state index contributed by atoms with van der Waals surface area (Å²) in [6, 6.07) is 0.132. The van der Waals surface area contributed by atoms with Crippen LogP contribution in [0.4, 0.5) is 0 Å². The summed E-state index contributed by atoms with van der Waals surface area (Å²) in [5.74, 6) is 1.07. The number of imidazole rings is 1. The van der Waals surface area contributed by atoms with Crippen molar-refractivity contribution in [2.45, 2.75) is 59.2 Å². The second-order valence-electron chi connectivity index (χ2n) is 6.22. The monoisotopic (exact) mass is 348 g/mol. The summed E-state index contributed by atoms with van der Waals surface area (Å²) in [5.41, 5.74) is 1.80. The van der Waals surface area contributed by atoms with E-state index in [1.165, 1.54) is 11.3 Å². The third kappa shape index (κ3) is 3.52. The molecule has 24 heavy (non-hydrogen) atoms. The lowest BCUT2D eigenvalue weighted by Gasteiger charge is -2.24. The highest BCUT2D eigenvalue weighted by molar-refractivity contribution is 7.13. The number of aryl methyl sites for hydroxylation is 3. The summed E-state index contributed by atoms with van der Waals surface area (Å²) in [5, 5.41) is 4.01. The fraction of sp³-hybridized carbons (Fsp3) is 0.588. The van der Waals surface area contributed by atoms with Crippen LogP contribution in [0.25, 0.3) is 0 Å². The third-order valence-corrected chi connectivity index (χ3v) is 5.55. The van der Waals surface area contributed by atoms with Gasteiger partial charge in [0.25, 0.3) is 5.91 Å². The maximum absolute atomic E-state index is 12.6. The maximum atomic E-state index is 12.6.